The standard InChI is InChI=1S/C19H17NO6S/c1-10-7-17(22)26-14-8-12(4-5-13(10)14)25-9-15(21)20-16-6-11(2)18(27-16)19(23)24-3/h4-8H,9H2,1-3H3,(H,20,21). The van der Waals surface area contributed by atoms with E-state index in [1.54, 1.807) is 31.2 Å². The Morgan fingerprint density at radius 3 is 2.67 bits per heavy atom. The number of hydrogen-bond acceptors (Lipinski definition) is 7. The number of esters is 1. The monoisotopic (exact) mass is 387 g/mol. The van der Waals surface area contributed by atoms with Crippen molar-refractivity contribution in [2.24, 2.45) is 0 Å². The van der Waals surface area contributed by atoms with Crippen molar-refractivity contribution in [3.8, 4) is 5.75 Å². The van der Waals surface area contributed by atoms with E-state index in [-0.39, 0.29) is 12.5 Å². The molecule has 3 aromatic rings. The van der Waals surface area contributed by atoms with Gasteiger partial charge in [-0.25, -0.2) is 9.59 Å². The van der Waals surface area contributed by atoms with Gasteiger partial charge in [-0.05, 0) is 43.2 Å². The van der Waals surface area contributed by atoms with Crippen LogP contribution in [0.15, 0.2) is 39.5 Å². The zero-order valence-electron chi connectivity index (χ0n) is 15.0. The quantitative estimate of drug-likeness (QED) is 0.533. The summed E-state index contributed by atoms with van der Waals surface area (Å²) in [6.45, 7) is 3.35. The number of anilines is 1. The molecule has 1 amide bonds. The van der Waals surface area contributed by atoms with E-state index in [1.807, 2.05) is 6.92 Å². The maximum atomic E-state index is 12.1. The third-order valence-corrected chi connectivity index (χ3v) is 4.98. The molecule has 0 spiro atoms. The van der Waals surface area contributed by atoms with Crippen LogP contribution in [-0.2, 0) is 9.53 Å². The maximum absolute atomic E-state index is 12.1. The summed E-state index contributed by atoms with van der Waals surface area (Å²) in [4.78, 5) is 35.6. The molecule has 2 aromatic heterocycles. The van der Waals surface area contributed by atoms with E-state index in [9.17, 15) is 14.4 Å². The van der Waals surface area contributed by atoms with Crippen LogP contribution in [0.4, 0.5) is 5.00 Å². The number of ether oxygens (including phenoxy) is 2. The summed E-state index contributed by atoms with van der Waals surface area (Å²) < 4.78 is 15.3. The molecule has 0 atom stereocenters. The number of nitrogens with one attached hydrogen (secondary N) is 1. The van der Waals surface area contributed by atoms with Gasteiger partial charge in [0.25, 0.3) is 5.91 Å². The van der Waals surface area contributed by atoms with Crippen LogP contribution in [-0.4, -0.2) is 25.6 Å². The first kappa shape index (κ1) is 18.7. The van der Waals surface area contributed by atoms with E-state index in [4.69, 9.17) is 13.9 Å². The molecule has 1 aromatic carbocycles. The van der Waals surface area contributed by atoms with Crippen LogP contribution in [0.5, 0.6) is 5.75 Å². The number of benzene rings is 1. The number of methoxy groups -OCH3 is 1. The van der Waals surface area contributed by atoms with Crippen LogP contribution in [0.3, 0.4) is 0 Å². The third kappa shape index (κ3) is 4.17. The van der Waals surface area contributed by atoms with E-state index in [2.05, 4.69) is 5.32 Å². The second kappa shape index (κ2) is 7.63. The van der Waals surface area contributed by atoms with Crippen LogP contribution < -0.4 is 15.7 Å². The number of thiophene rings is 1. The Labute approximate surface area is 158 Å². The van der Waals surface area contributed by atoms with Crippen LogP contribution >= 0.6 is 11.3 Å². The zero-order valence-corrected chi connectivity index (χ0v) is 15.8. The molecule has 1 N–H and O–H groups in total. The minimum absolute atomic E-state index is 0.230. The van der Waals surface area contributed by atoms with Gasteiger partial charge in [-0.1, -0.05) is 0 Å². The van der Waals surface area contributed by atoms with E-state index in [0.29, 0.717) is 21.2 Å². The molecule has 140 valence electrons. The summed E-state index contributed by atoms with van der Waals surface area (Å²) in [5, 5.41) is 4.01. The van der Waals surface area contributed by atoms with Crippen molar-refractivity contribution < 1.29 is 23.5 Å². The molecule has 0 unspecified atom stereocenters. The average Bonchev–Trinajstić information content (AvgIpc) is 2.99. The van der Waals surface area contributed by atoms with Gasteiger partial charge in [0.1, 0.15) is 16.2 Å². The summed E-state index contributed by atoms with van der Waals surface area (Å²) in [7, 11) is 1.31. The molecule has 7 nitrogen and oxygen atoms in total. The smallest absolute Gasteiger partial charge is 0.348 e. The Morgan fingerprint density at radius 1 is 1.15 bits per heavy atom. The van der Waals surface area contributed by atoms with Crippen molar-refractivity contribution in [2.45, 2.75) is 13.8 Å². The normalized spacial score (nSPS) is 10.6. The lowest BCUT2D eigenvalue weighted by atomic mass is 10.1. The Morgan fingerprint density at radius 2 is 1.93 bits per heavy atom. The molecule has 0 saturated heterocycles. The molecule has 0 aliphatic rings. The lowest BCUT2D eigenvalue weighted by Gasteiger charge is -2.07. The molecule has 0 bridgehead atoms. The number of rotatable bonds is 5. The van der Waals surface area contributed by atoms with E-state index >= 15 is 0 Å². The minimum atomic E-state index is -0.442. The molecule has 0 aliphatic carbocycles. The lowest BCUT2D eigenvalue weighted by molar-refractivity contribution is -0.118. The van der Waals surface area contributed by atoms with Crippen LogP contribution in [0.1, 0.15) is 20.8 Å². The second-order valence-electron chi connectivity index (χ2n) is 5.86. The SMILES string of the molecule is COC(=O)c1sc(NC(=O)COc2ccc3c(C)cc(=O)oc3c2)cc1C. The van der Waals surface area contributed by atoms with Gasteiger partial charge in [0, 0.05) is 17.5 Å². The van der Waals surface area contributed by atoms with Crippen LogP contribution in [0.25, 0.3) is 11.0 Å². The number of aryl methyl sites for hydroxylation is 2. The fourth-order valence-corrected chi connectivity index (χ4v) is 3.56. The van der Waals surface area contributed by atoms with Crippen molar-refractivity contribution in [1.82, 2.24) is 0 Å². The third-order valence-electron chi connectivity index (χ3n) is 3.84. The first-order chi connectivity index (χ1) is 12.9. The fraction of sp³-hybridized carbons (Fsp3) is 0.211. The van der Waals surface area contributed by atoms with E-state index in [1.165, 1.54) is 13.2 Å². The summed E-state index contributed by atoms with van der Waals surface area (Å²) in [6, 6.07) is 8.16. The molecule has 0 fully saturated rings. The van der Waals surface area contributed by atoms with Gasteiger partial charge in [-0.15, -0.1) is 11.3 Å². The minimum Gasteiger partial charge on any atom is -0.484 e. The molecule has 0 aliphatic heterocycles. The van der Waals surface area contributed by atoms with Gasteiger partial charge in [0.15, 0.2) is 6.61 Å². The molecular formula is C19H17NO6S. The van der Waals surface area contributed by atoms with Crippen molar-refractivity contribution >= 4 is 39.2 Å². The number of fused-ring (bicyclic) bond motifs is 1. The predicted molar refractivity (Wildman–Crippen MR) is 102 cm³/mol. The molecule has 0 saturated carbocycles. The van der Waals surface area contributed by atoms with E-state index < -0.39 is 11.6 Å². The van der Waals surface area contributed by atoms with Gasteiger partial charge < -0.3 is 19.2 Å². The van der Waals surface area contributed by atoms with Gasteiger partial charge in [-0.2, -0.15) is 0 Å². The Kier molecular flexibility index (Phi) is 5.27. The van der Waals surface area contributed by atoms with Gasteiger partial charge >= 0.3 is 11.6 Å². The molecule has 27 heavy (non-hydrogen) atoms. The Hall–Kier alpha value is -3.13. The highest BCUT2D eigenvalue weighted by molar-refractivity contribution is 7.18. The van der Waals surface area contributed by atoms with Gasteiger partial charge in [0.2, 0.25) is 0 Å². The highest BCUT2D eigenvalue weighted by Gasteiger charge is 2.15. The average molecular weight is 387 g/mol. The van der Waals surface area contributed by atoms with Crippen molar-refractivity contribution in [3.63, 3.8) is 0 Å². The number of carbonyl (C=O) groups is 2. The highest BCUT2D eigenvalue weighted by Crippen LogP contribution is 2.27. The predicted octanol–water partition coefficient (Wildman–Crippen LogP) is 3.28. The lowest BCUT2D eigenvalue weighted by Crippen LogP contribution is -2.19. The Balaban J connectivity index is 1.66. The molecule has 3 rings (SSSR count). The summed E-state index contributed by atoms with van der Waals surface area (Å²) in [5.74, 6) is -0.412. The van der Waals surface area contributed by atoms with Crippen LogP contribution in [0, 0.1) is 13.8 Å². The Bertz CT molecular complexity index is 1080. The fourth-order valence-electron chi connectivity index (χ4n) is 2.56. The highest BCUT2D eigenvalue weighted by atomic mass is 32.1. The van der Waals surface area contributed by atoms with Gasteiger partial charge in [0.05, 0.1) is 12.1 Å². The van der Waals surface area contributed by atoms with Crippen LogP contribution in [0.2, 0.25) is 0 Å². The zero-order chi connectivity index (χ0) is 19.6. The topological polar surface area (TPSA) is 94.8 Å². The molecule has 0 radical (unpaired) electrons. The molecule has 8 heteroatoms. The number of hydrogen-bond donors (Lipinski definition) is 1. The van der Waals surface area contributed by atoms with Crippen molar-refractivity contribution in [3.05, 3.63) is 56.8 Å². The van der Waals surface area contributed by atoms with Crippen molar-refractivity contribution in [2.75, 3.05) is 19.0 Å². The summed E-state index contributed by atoms with van der Waals surface area (Å²) >= 11 is 1.14. The van der Waals surface area contributed by atoms with E-state index in [0.717, 1.165) is 27.8 Å². The second-order valence-corrected chi connectivity index (χ2v) is 6.91. The molecule has 2 heterocycles. The number of amides is 1. The first-order valence-corrected chi connectivity index (χ1v) is 8.85. The first-order valence-electron chi connectivity index (χ1n) is 8.03. The largest absolute Gasteiger partial charge is 0.484 e. The summed E-state index contributed by atoms with van der Waals surface area (Å²) in [6.07, 6.45) is 0. The summed E-state index contributed by atoms with van der Waals surface area (Å²) in [5.41, 5.74) is 1.49. The number of carbonyl (C=O) groups excluding carboxylic acids is 2. The van der Waals surface area contributed by atoms with Crippen molar-refractivity contribution in [1.29, 1.82) is 0 Å². The van der Waals surface area contributed by atoms with Gasteiger partial charge in [-0.3, -0.25) is 4.79 Å². The maximum Gasteiger partial charge on any atom is 0.348 e. The molecular weight excluding hydrogens is 370 g/mol.